The molecule has 0 radical (unpaired) electrons. The van der Waals surface area contributed by atoms with Gasteiger partial charge in [-0.05, 0) is 31.4 Å². The Morgan fingerprint density at radius 3 is 2.41 bits per heavy atom. The Morgan fingerprint density at radius 2 is 1.76 bits per heavy atom. The SMILES string of the molecule is COCCOCCCNc1c(C)cccc1C. The number of hydrogen-bond acceptors (Lipinski definition) is 3. The second-order valence-corrected chi connectivity index (χ2v) is 4.15. The number of nitrogens with one attached hydrogen (secondary N) is 1. The van der Waals surface area contributed by atoms with E-state index in [0.717, 1.165) is 19.6 Å². The maximum atomic E-state index is 5.41. The molecule has 0 amide bonds. The molecule has 17 heavy (non-hydrogen) atoms. The molecule has 1 rings (SSSR count). The van der Waals surface area contributed by atoms with E-state index in [0.29, 0.717) is 13.2 Å². The third-order valence-corrected chi connectivity index (χ3v) is 2.68. The first-order valence-corrected chi connectivity index (χ1v) is 6.12. The van der Waals surface area contributed by atoms with Crippen LogP contribution in [0, 0.1) is 13.8 Å². The summed E-state index contributed by atoms with van der Waals surface area (Å²) in [7, 11) is 1.69. The zero-order valence-corrected chi connectivity index (χ0v) is 11.1. The van der Waals surface area contributed by atoms with Gasteiger partial charge in [0.25, 0.3) is 0 Å². The predicted octanol–water partition coefficient (Wildman–Crippen LogP) is 2.77. The molecule has 0 aliphatic heterocycles. The molecule has 0 fully saturated rings. The van der Waals surface area contributed by atoms with Crippen LogP contribution in [-0.4, -0.2) is 33.5 Å². The van der Waals surface area contributed by atoms with Crippen LogP contribution in [0.1, 0.15) is 17.5 Å². The van der Waals surface area contributed by atoms with Gasteiger partial charge >= 0.3 is 0 Å². The molecule has 3 nitrogen and oxygen atoms in total. The van der Waals surface area contributed by atoms with Crippen LogP contribution in [0.3, 0.4) is 0 Å². The quantitative estimate of drug-likeness (QED) is 0.705. The van der Waals surface area contributed by atoms with Gasteiger partial charge in [-0.2, -0.15) is 0 Å². The van der Waals surface area contributed by atoms with Crippen LogP contribution in [0.2, 0.25) is 0 Å². The molecule has 0 spiro atoms. The first-order chi connectivity index (χ1) is 8.25. The van der Waals surface area contributed by atoms with Gasteiger partial charge in [-0.3, -0.25) is 0 Å². The normalized spacial score (nSPS) is 10.5. The number of rotatable bonds is 8. The molecule has 0 saturated carbocycles. The van der Waals surface area contributed by atoms with Gasteiger partial charge in [-0.25, -0.2) is 0 Å². The van der Waals surface area contributed by atoms with Crippen molar-refractivity contribution in [1.29, 1.82) is 0 Å². The molecule has 0 atom stereocenters. The zero-order valence-electron chi connectivity index (χ0n) is 11.1. The highest BCUT2D eigenvalue weighted by atomic mass is 16.5. The van der Waals surface area contributed by atoms with Gasteiger partial charge in [0, 0.05) is 25.9 Å². The zero-order chi connectivity index (χ0) is 12.5. The number of aryl methyl sites for hydroxylation is 2. The molecule has 0 bridgehead atoms. The maximum Gasteiger partial charge on any atom is 0.0700 e. The summed E-state index contributed by atoms with van der Waals surface area (Å²) in [5.74, 6) is 0. The topological polar surface area (TPSA) is 30.5 Å². The number of ether oxygens (including phenoxy) is 2. The third-order valence-electron chi connectivity index (χ3n) is 2.68. The lowest BCUT2D eigenvalue weighted by molar-refractivity contribution is 0.0705. The van der Waals surface area contributed by atoms with Gasteiger partial charge in [0.15, 0.2) is 0 Å². The molecular formula is C14H23NO2. The van der Waals surface area contributed by atoms with E-state index in [9.17, 15) is 0 Å². The Hall–Kier alpha value is -1.06. The average Bonchev–Trinajstić information content (AvgIpc) is 2.31. The van der Waals surface area contributed by atoms with Crippen LogP contribution in [-0.2, 0) is 9.47 Å². The molecule has 0 aliphatic rings. The van der Waals surface area contributed by atoms with E-state index in [-0.39, 0.29) is 0 Å². The van der Waals surface area contributed by atoms with Gasteiger partial charge in [0.2, 0.25) is 0 Å². The molecule has 96 valence electrons. The Kier molecular flexibility index (Phi) is 6.67. The first kappa shape index (κ1) is 14.0. The van der Waals surface area contributed by atoms with Crippen LogP contribution in [0.5, 0.6) is 0 Å². The van der Waals surface area contributed by atoms with Crippen LogP contribution in [0.4, 0.5) is 5.69 Å². The fourth-order valence-electron chi connectivity index (χ4n) is 1.73. The Morgan fingerprint density at radius 1 is 1.06 bits per heavy atom. The van der Waals surface area contributed by atoms with Crippen molar-refractivity contribution < 1.29 is 9.47 Å². The van der Waals surface area contributed by atoms with Crippen LogP contribution in [0.15, 0.2) is 18.2 Å². The molecule has 0 aliphatic carbocycles. The fourth-order valence-corrected chi connectivity index (χ4v) is 1.73. The van der Waals surface area contributed by atoms with E-state index in [2.05, 4.69) is 37.4 Å². The maximum absolute atomic E-state index is 5.41. The van der Waals surface area contributed by atoms with Gasteiger partial charge in [-0.15, -0.1) is 0 Å². The second kappa shape index (κ2) is 8.09. The summed E-state index contributed by atoms with van der Waals surface area (Å²) in [5.41, 5.74) is 3.85. The molecular weight excluding hydrogens is 214 g/mol. The highest BCUT2D eigenvalue weighted by molar-refractivity contribution is 5.56. The van der Waals surface area contributed by atoms with Gasteiger partial charge in [0.05, 0.1) is 13.2 Å². The summed E-state index contributed by atoms with van der Waals surface area (Å²) < 4.78 is 10.3. The lowest BCUT2D eigenvalue weighted by Crippen LogP contribution is -2.09. The standard InChI is InChI=1S/C14H23NO2/c1-12-6-4-7-13(2)14(12)15-8-5-9-17-11-10-16-3/h4,6-7,15H,5,8-11H2,1-3H3. The van der Waals surface area contributed by atoms with E-state index in [1.54, 1.807) is 7.11 Å². The van der Waals surface area contributed by atoms with Crippen molar-refractivity contribution in [3.05, 3.63) is 29.3 Å². The number of hydrogen-bond donors (Lipinski definition) is 1. The molecule has 1 aromatic rings. The van der Waals surface area contributed by atoms with Crippen LogP contribution >= 0.6 is 0 Å². The smallest absolute Gasteiger partial charge is 0.0700 e. The fraction of sp³-hybridized carbons (Fsp3) is 0.571. The Labute approximate surface area is 104 Å². The molecule has 1 aromatic carbocycles. The van der Waals surface area contributed by atoms with E-state index >= 15 is 0 Å². The highest BCUT2D eigenvalue weighted by Crippen LogP contribution is 2.18. The lowest BCUT2D eigenvalue weighted by Gasteiger charge is -2.12. The van der Waals surface area contributed by atoms with Gasteiger partial charge in [0.1, 0.15) is 0 Å². The second-order valence-electron chi connectivity index (χ2n) is 4.15. The van der Waals surface area contributed by atoms with Crippen molar-refractivity contribution in [2.75, 3.05) is 38.8 Å². The Bertz CT molecular complexity index is 306. The number of para-hydroxylation sites is 1. The molecule has 1 N–H and O–H groups in total. The Balaban J connectivity index is 2.18. The monoisotopic (exact) mass is 237 g/mol. The van der Waals surface area contributed by atoms with Crippen molar-refractivity contribution in [2.24, 2.45) is 0 Å². The summed E-state index contributed by atoms with van der Waals surface area (Å²) in [5, 5.41) is 3.46. The minimum Gasteiger partial charge on any atom is -0.385 e. The summed E-state index contributed by atoms with van der Waals surface area (Å²) in [6, 6.07) is 6.35. The average molecular weight is 237 g/mol. The lowest BCUT2D eigenvalue weighted by atomic mass is 10.1. The van der Waals surface area contributed by atoms with E-state index in [1.807, 2.05) is 0 Å². The van der Waals surface area contributed by atoms with Crippen LogP contribution < -0.4 is 5.32 Å². The summed E-state index contributed by atoms with van der Waals surface area (Å²) >= 11 is 0. The minimum absolute atomic E-state index is 0.671. The molecule has 0 heterocycles. The number of methoxy groups -OCH3 is 1. The summed E-state index contributed by atoms with van der Waals surface area (Å²) in [4.78, 5) is 0. The number of anilines is 1. The van der Waals surface area contributed by atoms with Crippen molar-refractivity contribution in [3.8, 4) is 0 Å². The first-order valence-electron chi connectivity index (χ1n) is 6.12. The molecule has 0 aromatic heterocycles. The summed E-state index contributed by atoms with van der Waals surface area (Å²) in [6.45, 7) is 7.33. The van der Waals surface area contributed by atoms with Gasteiger partial charge < -0.3 is 14.8 Å². The van der Waals surface area contributed by atoms with Crippen LogP contribution in [0.25, 0.3) is 0 Å². The third kappa shape index (κ3) is 5.20. The van der Waals surface area contributed by atoms with Crippen molar-refractivity contribution in [1.82, 2.24) is 0 Å². The van der Waals surface area contributed by atoms with Crippen molar-refractivity contribution in [3.63, 3.8) is 0 Å². The highest BCUT2D eigenvalue weighted by Gasteiger charge is 2.00. The minimum atomic E-state index is 0.671. The van der Waals surface area contributed by atoms with Crippen molar-refractivity contribution in [2.45, 2.75) is 20.3 Å². The predicted molar refractivity (Wildman–Crippen MR) is 71.7 cm³/mol. The van der Waals surface area contributed by atoms with E-state index < -0.39 is 0 Å². The van der Waals surface area contributed by atoms with E-state index in [4.69, 9.17) is 9.47 Å². The molecule has 0 unspecified atom stereocenters. The molecule has 0 saturated heterocycles. The van der Waals surface area contributed by atoms with Crippen molar-refractivity contribution >= 4 is 5.69 Å². The summed E-state index contributed by atoms with van der Waals surface area (Å²) in [6.07, 6.45) is 1.01. The van der Waals surface area contributed by atoms with E-state index in [1.165, 1.54) is 16.8 Å². The van der Waals surface area contributed by atoms with Gasteiger partial charge in [-0.1, -0.05) is 18.2 Å². The molecule has 3 heteroatoms. The number of benzene rings is 1. The largest absolute Gasteiger partial charge is 0.385 e.